The Morgan fingerprint density at radius 3 is 2.60 bits per heavy atom. The van der Waals surface area contributed by atoms with E-state index in [4.69, 9.17) is 15.2 Å². The Morgan fingerprint density at radius 1 is 1.00 bits per heavy atom. The molecule has 0 radical (unpaired) electrons. The minimum absolute atomic E-state index is 0.392. The molecule has 1 aromatic rings. The maximum Gasteiger partial charge on any atom is 0.123 e. The van der Waals surface area contributed by atoms with Gasteiger partial charge in [0.05, 0.1) is 12.7 Å². The van der Waals surface area contributed by atoms with Crippen molar-refractivity contribution in [3.8, 4) is 11.5 Å². The Balaban J connectivity index is 1.75. The van der Waals surface area contributed by atoms with Gasteiger partial charge in [-0.2, -0.15) is 0 Å². The number of unbranched alkanes of at least 4 members (excludes halogenated alkanes) is 2. The van der Waals surface area contributed by atoms with Gasteiger partial charge in [-0.3, -0.25) is 0 Å². The summed E-state index contributed by atoms with van der Waals surface area (Å²) in [6.45, 7) is 1.53. The first-order chi connectivity index (χ1) is 9.88. The van der Waals surface area contributed by atoms with Crippen LogP contribution in [0.25, 0.3) is 0 Å². The summed E-state index contributed by atoms with van der Waals surface area (Å²) in [5.74, 6) is 1.85. The minimum atomic E-state index is 0.392. The van der Waals surface area contributed by atoms with E-state index in [1.807, 2.05) is 24.3 Å². The van der Waals surface area contributed by atoms with Crippen LogP contribution in [-0.2, 0) is 0 Å². The van der Waals surface area contributed by atoms with Gasteiger partial charge >= 0.3 is 0 Å². The van der Waals surface area contributed by atoms with Gasteiger partial charge in [-0.25, -0.2) is 0 Å². The molecule has 1 aliphatic carbocycles. The SMILES string of the molecule is NCCCCCOc1cccc(OC2CCCCC2)c1. The Bertz CT molecular complexity index is 375. The number of hydrogen-bond acceptors (Lipinski definition) is 3. The third-order valence-corrected chi connectivity index (χ3v) is 3.78. The molecular weight excluding hydrogens is 250 g/mol. The predicted octanol–water partition coefficient (Wildman–Crippen LogP) is 3.91. The Labute approximate surface area is 122 Å². The van der Waals surface area contributed by atoms with E-state index in [0.29, 0.717) is 6.10 Å². The first-order valence-electron chi connectivity index (χ1n) is 7.98. The molecule has 0 saturated heterocycles. The molecule has 2 N–H and O–H groups in total. The van der Waals surface area contributed by atoms with Gasteiger partial charge in [-0.05, 0) is 63.6 Å². The maximum absolute atomic E-state index is 6.04. The van der Waals surface area contributed by atoms with Gasteiger partial charge in [0.25, 0.3) is 0 Å². The molecule has 0 unspecified atom stereocenters. The zero-order chi connectivity index (χ0) is 14.0. The second-order valence-electron chi connectivity index (χ2n) is 5.55. The predicted molar refractivity (Wildman–Crippen MR) is 82.3 cm³/mol. The lowest BCUT2D eigenvalue weighted by Crippen LogP contribution is -2.19. The van der Waals surface area contributed by atoms with Crippen molar-refractivity contribution in [2.75, 3.05) is 13.2 Å². The Morgan fingerprint density at radius 2 is 1.80 bits per heavy atom. The molecular formula is C17H27NO2. The van der Waals surface area contributed by atoms with E-state index in [2.05, 4.69) is 0 Å². The van der Waals surface area contributed by atoms with Crippen LogP contribution < -0.4 is 15.2 Å². The van der Waals surface area contributed by atoms with Crippen LogP contribution in [0.3, 0.4) is 0 Å². The largest absolute Gasteiger partial charge is 0.493 e. The highest BCUT2D eigenvalue weighted by Gasteiger charge is 2.14. The van der Waals surface area contributed by atoms with Crippen LogP contribution in [0.4, 0.5) is 0 Å². The smallest absolute Gasteiger partial charge is 0.123 e. The van der Waals surface area contributed by atoms with E-state index in [0.717, 1.165) is 43.9 Å². The zero-order valence-corrected chi connectivity index (χ0v) is 12.4. The molecule has 112 valence electrons. The van der Waals surface area contributed by atoms with Crippen LogP contribution in [-0.4, -0.2) is 19.3 Å². The lowest BCUT2D eigenvalue weighted by atomic mass is 9.98. The quantitative estimate of drug-likeness (QED) is 0.733. The average Bonchev–Trinajstić information content (AvgIpc) is 2.48. The van der Waals surface area contributed by atoms with E-state index < -0.39 is 0 Å². The first-order valence-corrected chi connectivity index (χ1v) is 7.98. The second-order valence-corrected chi connectivity index (χ2v) is 5.55. The van der Waals surface area contributed by atoms with Crippen molar-refractivity contribution in [1.82, 2.24) is 0 Å². The third-order valence-electron chi connectivity index (χ3n) is 3.78. The highest BCUT2D eigenvalue weighted by Crippen LogP contribution is 2.26. The molecule has 0 aliphatic heterocycles. The molecule has 0 atom stereocenters. The molecule has 3 nitrogen and oxygen atoms in total. The fourth-order valence-corrected chi connectivity index (χ4v) is 2.63. The lowest BCUT2D eigenvalue weighted by Gasteiger charge is -2.23. The molecule has 3 heteroatoms. The van der Waals surface area contributed by atoms with Crippen molar-refractivity contribution in [1.29, 1.82) is 0 Å². The maximum atomic E-state index is 6.04. The van der Waals surface area contributed by atoms with E-state index in [-0.39, 0.29) is 0 Å². The molecule has 1 aromatic carbocycles. The molecule has 1 saturated carbocycles. The van der Waals surface area contributed by atoms with Crippen molar-refractivity contribution < 1.29 is 9.47 Å². The van der Waals surface area contributed by atoms with E-state index in [9.17, 15) is 0 Å². The molecule has 2 rings (SSSR count). The van der Waals surface area contributed by atoms with Crippen LogP contribution in [0.1, 0.15) is 51.4 Å². The van der Waals surface area contributed by atoms with E-state index >= 15 is 0 Å². The zero-order valence-electron chi connectivity index (χ0n) is 12.4. The molecule has 1 aliphatic rings. The number of nitrogens with two attached hydrogens (primary N) is 1. The van der Waals surface area contributed by atoms with Gasteiger partial charge in [-0.15, -0.1) is 0 Å². The second kappa shape index (κ2) is 8.85. The third kappa shape index (κ3) is 5.41. The fourth-order valence-electron chi connectivity index (χ4n) is 2.63. The number of benzene rings is 1. The highest BCUT2D eigenvalue weighted by molar-refractivity contribution is 5.33. The molecule has 0 amide bonds. The average molecular weight is 277 g/mol. The normalized spacial score (nSPS) is 16.1. The van der Waals surface area contributed by atoms with Crippen molar-refractivity contribution >= 4 is 0 Å². The monoisotopic (exact) mass is 277 g/mol. The van der Waals surface area contributed by atoms with Gasteiger partial charge in [-0.1, -0.05) is 12.5 Å². The van der Waals surface area contributed by atoms with Crippen LogP contribution in [0.2, 0.25) is 0 Å². The van der Waals surface area contributed by atoms with E-state index in [1.54, 1.807) is 0 Å². The van der Waals surface area contributed by atoms with Crippen molar-refractivity contribution in [2.24, 2.45) is 5.73 Å². The van der Waals surface area contributed by atoms with Crippen LogP contribution in [0.5, 0.6) is 11.5 Å². The minimum Gasteiger partial charge on any atom is -0.493 e. The van der Waals surface area contributed by atoms with Crippen molar-refractivity contribution in [3.63, 3.8) is 0 Å². The standard InChI is InChI=1S/C17H27NO2/c18-12-5-2-6-13-19-16-10-7-11-17(14-16)20-15-8-3-1-4-9-15/h7,10-11,14-15H,1-6,8-9,12-13,18H2. The first kappa shape index (κ1) is 15.2. The van der Waals surface area contributed by atoms with Gasteiger partial charge in [0.15, 0.2) is 0 Å². The molecule has 1 fully saturated rings. The summed E-state index contributed by atoms with van der Waals surface area (Å²) >= 11 is 0. The summed E-state index contributed by atoms with van der Waals surface area (Å²) in [5.41, 5.74) is 5.47. The summed E-state index contributed by atoms with van der Waals surface area (Å²) in [6.07, 6.45) is 9.97. The Kier molecular flexibility index (Phi) is 6.72. The number of rotatable bonds is 8. The molecule has 0 aromatic heterocycles. The van der Waals surface area contributed by atoms with E-state index in [1.165, 1.54) is 32.1 Å². The van der Waals surface area contributed by atoms with Crippen LogP contribution >= 0.6 is 0 Å². The van der Waals surface area contributed by atoms with Gasteiger partial charge in [0, 0.05) is 6.07 Å². The van der Waals surface area contributed by atoms with Crippen molar-refractivity contribution in [2.45, 2.75) is 57.5 Å². The number of hydrogen-bond donors (Lipinski definition) is 1. The molecule has 0 heterocycles. The summed E-state index contributed by atoms with van der Waals surface area (Å²) in [5, 5.41) is 0. The molecule has 20 heavy (non-hydrogen) atoms. The highest BCUT2D eigenvalue weighted by atomic mass is 16.5. The van der Waals surface area contributed by atoms with Gasteiger partial charge in [0.2, 0.25) is 0 Å². The van der Waals surface area contributed by atoms with Crippen LogP contribution in [0.15, 0.2) is 24.3 Å². The summed E-state index contributed by atoms with van der Waals surface area (Å²) in [7, 11) is 0. The van der Waals surface area contributed by atoms with Crippen LogP contribution in [0, 0.1) is 0 Å². The molecule has 0 spiro atoms. The fraction of sp³-hybridized carbons (Fsp3) is 0.647. The van der Waals surface area contributed by atoms with Gasteiger partial charge < -0.3 is 15.2 Å². The molecule has 0 bridgehead atoms. The Hall–Kier alpha value is -1.22. The summed E-state index contributed by atoms with van der Waals surface area (Å²) < 4.78 is 11.8. The summed E-state index contributed by atoms with van der Waals surface area (Å²) in [6, 6.07) is 8.04. The summed E-state index contributed by atoms with van der Waals surface area (Å²) in [4.78, 5) is 0. The lowest BCUT2D eigenvalue weighted by molar-refractivity contribution is 0.154. The number of ether oxygens (including phenoxy) is 2. The van der Waals surface area contributed by atoms with Gasteiger partial charge in [0.1, 0.15) is 11.5 Å². The van der Waals surface area contributed by atoms with Crippen molar-refractivity contribution in [3.05, 3.63) is 24.3 Å². The topological polar surface area (TPSA) is 44.5 Å².